The van der Waals surface area contributed by atoms with E-state index in [-0.39, 0.29) is 6.04 Å². The summed E-state index contributed by atoms with van der Waals surface area (Å²) in [6.45, 7) is 4.68. The van der Waals surface area contributed by atoms with Gasteiger partial charge in [0.2, 0.25) is 0 Å². The molecule has 18 heavy (non-hydrogen) atoms. The van der Waals surface area contributed by atoms with Crippen LogP contribution >= 0.6 is 11.5 Å². The zero-order chi connectivity index (χ0) is 13.0. The minimum Gasteiger partial charge on any atom is -0.494 e. The number of aryl methyl sites for hydroxylation is 1. The van der Waals surface area contributed by atoms with Crippen LogP contribution in [-0.4, -0.2) is 16.2 Å². The van der Waals surface area contributed by atoms with Crippen molar-refractivity contribution in [1.29, 1.82) is 0 Å². The van der Waals surface area contributed by atoms with Gasteiger partial charge in [-0.15, -0.1) is 5.10 Å². The molecule has 96 valence electrons. The highest BCUT2D eigenvalue weighted by Crippen LogP contribution is 2.27. The van der Waals surface area contributed by atoms with Crippen LogP contribution in [0.4, 0.5) is 0 Å². The molecule has 0 fully saturated rings. The maximum absolute atomic E-state index is 6.28. The molecule has 1 aromatic heterocycles. The van der Waals surface area contributed by atoms with Gasteiger partial charge in [-0.05, 0) is 42.6 Å². The highest BCUT2D eigenvalue weighted by atomic mass is 32.1. The molecule has 1 aromatic carbocycles. The minimum atomic E-state index is -0.180. The van der Waals surface area contributed by atoms with Crippen molar-refractivity contribution in [2.45, 2.75) is 26.3 Å². The molecule has 0 aliphatic rings. The quantitative estimate of drug-likeness (QED) is 0.900. The number of aromatic nitrogens is 2. The monoisotopic (exact) mass is 263 g/mol. The second-order valence-electron chi connectivity index (χ2n) is 3.92. The first-order chi connectivity index (χ1) is 8.76. The fourth-order valence-corrected chi connectivity index (χ4v) is 2.58. The number of ether oxygens (including phenoxy) is 1. The lowest BCUT2D eigenvalue weighted by atomic mass is 10.0. The van der Waals surface area contributed by atoms with Crippen LogP contribution in [0.3, 0.4) is 0 Å². The van der Waals surface area contributed by atoms with E-state index in [0.29, 0.717) is 6.61 Å². The molecule has 2 rings (SSSR count). The summed E-state index contributed by atoms with van der Waals surface area (Å²) in [5.74, 6) is 0.848. The highest BCUT2D eigenvalue weighted by Gasteiger charge is 2.16. The van der Waals surface area contributed by atoms with E-state index in [1.54, 1.807) is 0 Å². The molecule has 0 spiro atoms. The lowest BCUT2D eigenvalue weighted by molar-refractivity contribution is 0.340. The Bertz CT molecular complexity index is 512. The van der Waals surface area contributed by atoms with Gasteiger partial charge in [0.1, 0.15) is 5.75 Å². The van der Waals surface area contributed by atoms with E-state index in [0.717, 1.165) is 28.3 Å². The first-order valence-corrected chi connectivity index (χ1v) is 6.83. The van der Waals surface area contributed by atoms with Crippen molar-refractivity contribution >= 4 is 11.5 Å². The van der Waals surface area contributed by atoms with E-state index in [1.807, 2.05) is 31.2 Å². The van der Waals surface area contributed by atoms with Crippen molar-refractivity contribution in [3.63, 3.8) is 0 Å². The normalized spacial score (nSPS) is 12.4. The molecule has 5 heteroatoms. The molecule has 1 unspecified atom stereocenters. The Balaban J connectivity index is 2.28. The summed E-state index contributed by atoms with van der Waals surface area (Å²) in [4.78, 5) is 1.03. The van der Waals surface area contributed by atoms with Crippen molar-refractivity contribution in [3.8, 4) is 5.75 Å². The van der Waals surface area contributed by atoms with E-state index < -0.39 is 0 Å². The van der Waals surface area contributed by atoms with Crippen LogP contribution in [0.5, 0.6) is 5.75 Å². The third-order valence-electron chi connectivity index (χ3n) is 2.73. The zero-order valence-electron chi connectivity index (χ0n) is 10.6. The van der Waals surface area contributed by atoms with Crippen LogP contribution in [0.1, 0.15) is 36.0 Å². The van der Waals surface area contributed by atoms with Crippen molar-refractivity contribution in [3.05, 3.63) is 40.4 Å². The summed E-state index contributed by atoms with van der Waals surface area (Å²) in [5.41, 5.74) is 8.29. The lowest BCUT2D eigenvalue weighted by Gasteiger charge is -2.12. The van der Waals surface area contributed by atoms with Gasteiger partial charge >= 0.3 is 0 Å². The molecule has 4 nitrogen and oxygen atoms in total. The molecule has 2 aromatic rings. The molecule has 0 amide bonds. The molecule has 0 bridgehead atoms. The third kappa shape index (κ3) is 2.68. The van der Waals surface area contributed by atoms with Gasteiger partial charge < -0.3 is 10.5 Å². The standard InChI is InChI=1S/C13H17N3OS/c1-3-11-13(18-16-15-11)12(14)9-6-5-7-10(8-9)17-4-2/h5-8,12H,3-4,14H2,1-2H3. The topological polar surface area (TPSA) is 61.0 Å². The lowest BCUT2D eigenvalue weighted by Crippen LogP contribution is -2.12. The first kappa shape index (κ1) is 13.0. The second kappa shape index (κ2) is 5.93. The van der Waals surface area contributed by atoms with E-state index in [9.17, 15) is 0 Å². The molecule has 0 saturated carbocycles. The number of benzene rings is 1. The SMILES string of the molecule is CCOc1cccc(C(N)c2snnc2CC)c1. The molecule has 0 aliphatic carbocycles. The van der Waals surface area contributed by atoms with Crippen LogP contribution < -0.4 is 10.5 Å². The fraction of sp³-hybridized carbons (Fsp3) is 0.385. The van der Waals surface area contributed by atoms with E-state index in [2.05, 4.69) is 16.5 Å². The van der Waals surface area contributed by atoms with Gasteiger partial charge in [-0.25, -0.2) is 0 Å². The number of nitrogens with two attached hydrogens (primary N) is 1. The second-order valence-corrected chi connectivity index (χ2v) is 4.71. The van der Waals surface area contributed by atoms with Gasteiger partial charge in [0.05, 0.1) is 23.2 Å². The maximum atomic E-state index is 6.28. The van der Waals surface area contributed by atoms with Crippen molar-refractivity contribution in [2.24, 2.45) is 5.73 Å². The molecular weight excluding hydrogens is 246 g/mol. The molecule has 0 saturated heterocycles. The van der Waals surface area contributed by atoms with E-state index in [1.165, 1.54) is 11.5 Å². The van der Waals surface area contributed by atoms with Gasteiger partial charge in [0.15, 0.2) is 0 Å². The summed E-state index contributed by atoms with van der Waals surface area (Å²) in [5, 5.41) is 4.10. The average Bonchev–Trinajstić information content (AvgIpc) is 2.87. The van der Waals surface area contributed by atoms with Crippen molar-refractivity contribution in [1.82, 2.24) is 9.59 Å². The van der Waals surface area contributed by atoms with Crippen LogP contribution in [0, 0.1) is 0 Å². The van der Waals surface area contributed by atoms with Crippen molar-refractivity contribution < 1.29 is 4.74 Å². The number of hydrogen-bond donors (Lipinski definition) is 1. The van der Waals surface area contributed by atoms with Crippen molar-refractivity contribution in [2.75, 3.05) is 6.61 Å². The first-order valence-electron chi connectivity index (χ1n) is 6.05. The molecule has 1 atom stereocenters. The number of nitrogens with zero attached hydrogens (tertiary/aromatic N) is 2. The molecule has 0 radical (unpaired) electrons. The van der Waals surface area contributed by atoms with E-state index in [4.69, 9.17) is 10.5 Å². The molecular formula is C13H17N3OS. The van der Waals surface area contributed by atoms with Crippen LogP contribution in [0.15, 0.2) is 24.3 Å². The predicted molar refractivity (Wildman–Crippen MR) is 72.9 cm³/mol. The average molecular weight is 263 g/mol. The maximum Gasteiger partial charge on any atom is 0.119 e. The van der Waals surface area contributed by atoms with Crippen LogP contribution in [0.2, 0.25) is 0 Å². The van der Waals surface area contributed by atoms with Gasteiger partial charge in [-0.3, -0.25) is 0 Å². The molecule has 1 heterocycles. The Morgan fingerprint density at radius 3 is 2.94 bits per heavy atom. The Hall–Kier alpha value is -1.46. The highest BCUT2D eigenvalue weighted by molar-refractivity contribution is 7.05. The van der Waals surface area contributed by atoms with E-state index >= 15 is 0 Å². The Labute approximate surface area is 111 Å². The Kier molecular flexibility index (Phi) is 4.28. The summed E-state index contributed by atoms with van der Waals surface area (Å²) in [6, 6.07) is 7.70. The van der Waals surface area contributed by atoms with Gasteiger partial charge in [-0.1, -0.05) is 23.5 Å². The largest absolute Gasteiger partial charge is 0.494 e. The summed E-state index contributed by atoms with van der Waals surface area (Å²) < 4.78 is 9.47. The smallest absolute Gasteiger partial charge is 0.119 e. The summed E-state index contributed by atoms with van der Waals surface area (Å²) in [7, 11) is 0. The summed E-state index contributed by atoms with van der Waals surface area (Å²) >= 11 is 1.37. The number of hydrogen-bond acceptors (Lipinski definition) is 5. The predicted octanol–water partition coefficient (Wildman–Crippen LogP) is 2.55. The van der Waals surface area contributed by atoms with Gasteiger partial charge in [0, 0.05) is 0 Å². The number of rotatable bonds is 5. The van der Waals surface area contributed by atoms with Crippen LogP contribution in [-0.2, 0) is 6.42 Å². The molecule has 0 aliphatic heterocycles. The molecule has 2 N–H and O–H groups in total. The Morgan fingerprint density at radius 2 is 2.22 bits per heavy atom. The minimum absolute atomic E-state index is 0.180. The summed E-state index contributed by atoms with van der Waals surface area (Å²) in [6.07, 6.45) is 0.852. The third-order valence-corrected chi connectivity index (χ3v) is 3.58. The van der Waals surface area contributed by atoms with Crippen LogP contribution in [0.25, 0.3) is 0 Å². The fourth-order valence-electron chi connectivity index (χ4n) is 1.81. The van der Waals surface area contributed by atoms with Gasteiger partial charge in [0.25, 0.3) is 0 Å². The van der Waals surface area contributed by atoms with Gasteiger partial charge in [-0.2, -0.15) is 0 Å². The Morgan fingerprint density at radius 1 is 1.39 bits per heavy atom. The zero-order valence-corrected chi connectivity index (χ0v) is 11.4.